The summed E-state index contributed by atoms with van der Waals surface area (Å²) in [4.78, 5) is 12.0. The largest absolute Gasteiger partial charge is 0.289 e. The van der Waals surface area contributed by atoms with Crippen molar-refractivity contribution in [3.8, 4) is 0 Å². The molecule has 80 valence electrons. The van der Waals surface area contributed by atoms with E-state index in [9.17, 15) is 9.18 Å². The average Bonchev–Trinajstić information content (AvgIpc) is 2.54. The van der Waals surface area contributed by atoms with E-state index < -0.39 is 6.17 Å². The molecular formula is C13H8ClFO. The zero-order valence-corrected chi connectivity index (χ0v) is 9.09. The Kier molecular flexibility index (Phi) is 2.01. The van der Waals surface area contributed by atoms with Crippen LogP contribution in [0.25, 0.3) is 5.57 Å². The minimum absolute atomic E-state index is 0.0838. The van der Waals surface area contributed by atoms with Crippen molar-refractivity contribution in [1.82, 2.24) is 0 Å². The summed E-state index contributed by atoms with van der Waals surface area (Å²) in [5, 5.41) is 0.354. The fraction of sp³-hybridized carbons (Fsp3) is 0.154. The Labute approximate surface area is 97.2 Å². The lowest BCUT2D eigenvalue weighted by molar-refractivity contribution is 0.103. The minimum atomic E-state index is -1.15. The summed E-state index contributed by atoms with van der Waals surface area (Å²) in [7, 11) is 0. The lowest BCUT2D eigenvalue weighted by Crippen LogP contribution is -2.09. The number of carbonyl (C=O) groups excluding carboxylic acids is 1. The van der Waals surface area contributed by atoms with Gasteiger partial charge in [-0.05, 0) is 11.6 Å². The second-order valence-corrected chi connectivity index (χ2v) is 4.37. The molecule has 0 aliphatic heterocycles. The Balaban J connectivity index is 2.25. The van der Waals surface area contributed by atoms with Gasteiger partial charge in [0.2, 0.25) is 0 Å². The van der Waals surface area contributed by atoms with Crippen molar-refractivity contribution in [1.29, 1.82) is 0 Å². The van der Waals surface area contributed by atoms with Crippen LogP contribution in [0.2, 0.25) is 0 Å². The Bertz CT molecular complexity index is 557. The molecule has 1 aromatic carbocycles. The quantitative estimate of drug-likeness (QED) is 0.672. The molecule has 1 nitrogen and oxygen atoms in total. The van der Waals surface area contributed by atoms with Crippen LogP contribution in [-0.4, -0.2) is 12.0 Å². The maximum Gasteiger partial charge on any atom is 0.190 e. The molecule has 0 heterocycles. The predicted molar refractivity (Wildman–Crippen MR) is 61.1 cm³/mol. The molecule has 0 bridgehead atoms. The number of halogens is 2. The van der Waals surface area contributed by atoms with Crippen molar-refractivity contribution in [3.05, 3.63) is 52.1 Å². The highest BCUT2D eigenvalue weighted by atomic mass is 35.5. The van der Waals surface area contributed by atoms with Crippen molar-refractivity contribution >= 4 is 23.0 Å². The summed E-state index contributed by atoms with van der Waals surface area (Å²) in [6, 6.07) is 7.27. The summed E-state index contributed by atoms with van der Waals surface area (Å²) < 4.78 is 13.3. The molecule has 0 spiro atoms. The van der Waals surface area contributed by atoms with Gasteiger partial charge in [-0.25, -0.2) is 4.39 Å². The Morgan fingerprint density at radius 3 is 2.69 bits per heavy atom. The van der Waals surface area contributed by atoms with Crippen LogP contribution in [0.1, 0.15) is 22.3 Å². The van der Waals surface area contributed by atoms with Gasteiger partial charge in [-0.3, -0.25) is 4.79 Å². The van der Waals surface area contributed by atoms with E-state index in [2.05, 4.69) is 0 Å². The number of carbonyl (C=O) groups is 1. The molecule has 0 N–H and O–H groups in total. The zero-order chi connectivity index (χ0) is 11.3. The van der Waals surface area contributed by atoms with Gasteiger partial charge >= 0.3 is 0 Å². The monoisotopic (exact) mass is 234 g/mol. The molecule has 3 rings (SSSR count). The topological polar surface area (TPSA) is 17.1 Å². The number of hydrogen-bond donors (Lipinski definition) is 0. The Morgan fingerprint density at radius 1 is 1.25 bits per heavy atom. The molecule has 0 fully saturated rings. The minimum Gasteiger partial charge on any atom is -0.289 e. The molecule has 1 unspecified atom stereocenters. The third-order valence-corrected chi connectivity index (χ3v) is 3.30. The van der Waals surface area contributed by atoms with Crippen LogP contribution in [0.5, 0.6) is 0 Å². The Morgan fingerprint density at radius 2 is 1.94 bits per heavy atom. The first-order valence-electron chi connectivity index (χ1n) is 5.07. The molecular weight excluding hydrogens is 227 g/mol. The molecule has 2 aliphatic rings. The van der Waals surface area contributed by atoms with Crippen molar-refractivity contribution in [2.75, 3.05) is 0 Å². The standard InChI is InChI=1S/C13H8ClFO/c14-11-6-7(15)5-10-12(11)8-3-1-2-4-9(8)13(10)16/h1-4,6-7H,5H2. The number of ketones is 1. The van der Waals surface area contributed by atoms with Crippen LogP contribution in [0.15, 0.2) is 40.9 Å². The molecule has 1 atom stereocenters. The van der Waals surface area contributed by atoms with E-state index in [1.807, 2.05) is 12.1 Å². The van der Waals surface area contributed by atoms with Crippen molar-refractivity contribution in [3.63, 3.8) is 0 Å². The van der Waals surface area contributed by atoms with Gasteiger partial charge in [0.15, 0.2) is 5.78 Å². The highest BCUT2D eigenvalue weighted by Gasteiger charge is 2.34. The van der Waals surface area contributed by atoms with E-state index in [1.54, 1.807) is 12.1 Å². The summed E-state index contributed by atoms with van der Waals surface area (Å²) in [6.07, 6.45) is 0.360. The number of rotatable bonds is 0. The van der Waals surface area contributed by atoms with Crippen LogP contribution < -0.4 is 0 Å². The first-order chi connectivity index (χ1) is 7.68. The van der Waals surface area contributed by atoms with E-state index in [4.69, 9.17) is 11.6 Å². The molecule has 0 radical (unpaired) electrons. The third kappa shape index (κ3) is 1.20. The second-order valence-electron chi connectivity index (χ2n) is 3.96. The first-order valence-corrected chi connectivity index (χ1v) is 5.45. The smallest absolute Gasteiger partial charge is 0.190 e. The van der Waals surface area contributed by atoms with Crippen molar-refractivity contribution in [2.45, 2.75) is 12.6 Å². The maximum atomic E-state index is 13.3. The molecule has 2 aliphatic carbocycles. The molecule has 16 heavy (non-hydrogen) atoms. The fourth-order valence-electron chi connectivity index (χ4n) is 2.30. The molecule has 1 aromatic rings. The van der Waals surface area contributed by atoms with E-state index in [-0.39, 0.29) is 12.2 Å². The Hall–Kier alpha value is -1.41. The van der Waals surface area contributed by atoms with Gasteiger partial charge in [-0.1, -0.05) is 35.9 Å². The summed E-state index contributed by atoms with van der Waals surface area (Å²) in [5.74, 6) is -0.0838. The van der Waals surface area contributed by atoms with Crippen LogP contribution in [0.3, 0.4) is 0 Å². The van der Waals surface area contributed by atoms with Gasteiger partial charge in [-0.15, -0.1) is 0 Å². The van der Waals surface area contributed by atoms with Gasteiger partial charge < -0.3 is 0 Å². The number of allylic oxidation sites excluding steroid dienone is 4. The van der Waals surface area contributed by atoms with Crippen LogP contribution in [0, 0.1) is 0 Å². The highest BCUT2D eigenvalue weighted by Crippen LogP contribution is 2.43. The lowest BCUT2D eigenvalue weighted by Gasteiger charge is -2.14. The van der Waals surface area contributed by atoms with Crippen molar-refractivity contribution in [2.24, 2.45) is 0 Å². The first kappa shape index (κ1) is 9.79. The van der Waals surface area contributed by atoms with Gasteiger partial charge in [-0.2, -0.15) is 0 Å². The van der Waals surface area contributed by atoms with Crippen molar-refractivity contribution < 1.29 is 9.18 Å². The molecule has 0 aromatic heterocycles. The molecule has 0 saturated heterocycles. The normalized spacial score (nSPS) is 23.0. The average molecular weight is 235 g/mol. The lowest BCUT2D eigenvalue weighted by atomic mass is 9.96. The number of alkyl halides is 1. The van der Waals surface area contributed by atoms with Crippen LogP contribution in [-0.2, 0) is 0 Å². The number of benzene rings is 1. The highest BCUT2D eigenvalue weighted by molar-refractivity contribution is 6.41. The number of fused-ring (bicyclic) bond motifs is 2. The van der Waals surface area contributed by atoms with Crippen LogP contribution >= 0.6 is 11.6 Å². The van der Waals surface area contributed by atoms with Gasteiger partial charge in [0.25, 0.3) is 0 Å². The molecule has 3 heteroatoms. The third-order valence-electron chi connectivity index (χ3n) is 2.98. The van der Waals surface area contributed by atoms with E-state index in [0.29, 0.717) is 16.2 Å². The second kappa shape index (κ2) is 3.29. The summed E-state index contributed by atoms with van der Waals surface area (Å²) in [6.45, 7) is 0. The maximum absolute atomic E-state index is 13.3. The number of Topliss-reactive ketones (excluding diaryl/α,β-unsaturated/α-hetero) is 1. The van der Waals surface area contributed by atoms with Gasteiger partial charge in [0, 0.05) is 28.2 Å². The van der Waals surface area contributed by atoms with E-state index >= 15 is 0 Å². The van der Waals surface area contributed by atoms with E-state index in [1.165, 1.54) is 6.08 Å². The van der Waals surface area contributed by atoms with Gasteiger partial charge in [0.1, 0.15) is 6.17 Å². The fourth-order valence-corrected chi connectivity index (χ4v) is 2.65. The van der Waals surface area contributed by atoms with Gasteiger partial charge in [0.05, 0.1) is 0 Å². The molecule has 0 amide bonds. The SMILES string of the molecule is O=C1C2=C(C(Cl)=CC(F)C2)c2ccccc21. The number of hydrogen-bond acceptors (Lipinski definition) is 1. The molecule has 0 saturated carbocycles. The summed E-state index contributed by atoms with van der Waals surface area (Å²) >= 11 is 6.02. The predicted octanol–water partition coefficient (Wildman–Crippen LogP) is 3.50. The van der Waals surface area contributed by atoms with Crippen LogP contribution in [0.4, 0.5) is 4.39 Å². The van der Waals surface area contributed by atoms with E-state index in [0.717, 1.165) is 11.1 Å². The zero-order valence-electron chi connectivity index (χ0n) is 8.34. The summed E-state index contributed by atoms with van der Waals surface area (Å²) in [5.41, 5.74) is 2.70.